The van der Waals surface area contributed by atoms with Gasteiger partial charge in [-0.3, -0.25) is 0 Å². The molecule has 0 amide bonds. The van der Waals surface area contributed by atoms with Crippen molar-refractivity contribution in [3.63, 3.8) is 0 Å². The van der Waals surface area contributed by atoms with Crippen LogP contribution in [-0.4, -0.2) is 15.1 Å². The summed E-state index contributed by atoms with van der Waals surface area (Å²) < 4.78 is 2.26. The number of anilines is 1. The van der Waals surface area contributed by atoms with Gasteiger partial charge in [0.1, 0.15) is 0 Å². The lowest BCUT2D eigenvalue weighted by Gasteiger charge is -2.23. The molecule has 1 N–H and O–H groups in total. The third-order valence-electron chi connectivity index (χ3n) is 2.85. The molecule has 0 saturated heterocycles. The Balaban J connectivity index is 2.61. The summed E-state index contributed by atoms with van der Waals surface area (Å²) in [5.74, 6) is 0.957. The Morgan fingerprint density at radius 2 is 1.89 bits per heavy atom. The van der Waals surface area contributed by atoms with Crippen LogP contribution in [0.2, 0.25) is 0 Å². The Morgan fingerprint density at radius 1 is 1.22 bits per heavy atom. The van der Waals surface area contributed by atoms with Crippen LogP contribution in [0.5, 0.6) is 0 Å². The molecule has 0 fully saturated rings. The molecule has 0 spiro atoms. The smallest absolute Gasteiger partial charge is 0.204 e. The highest BCUT2D eigenvalue weighted by Crippen LogP contribution is 2.26. The van der Waals surface area contributed by atoms with E-state index in [1.807, 2.05) is 0 Å². The summed E-state index contributed by atoms with van der Waals surface area (Å²) in [6.07, 6.45) is 0. The number of imidazole rings is 1. The van der Waals surface area contributed by atoms with E-state index in [4.69, 9.17) is 4.98 Å². The minimum atomic E-state index is 0.0169. The maximum Gasteiger partial charge on any atom is 0.204 e. The van der Waals surface area contributed by atoms with Crippen LogP contribution in [0.15, 0.2) is 18.2 Å². The Hall–Kier alpha value is -1.51. The van der Waals surface area contributed by atoms with Crippen molar-refractivity contribution in [1.29, 1.82) is 0 Å². The molecule has 0 saturated carbocycles. The number of hydrogen-bond acceptors (Lipinski definition) is 2. The largest absolute Gasteiger partial charge is 0.351 e. The summed E-state index contributed by atoms with van der Waals surface area (Å²) in [6.45, 7) is 12.9. The van der Waals surface area contributed by atoms with E-state index in [0.29, 0.717) is 6.04 Å². The maximum atomic E-state index is 4.73. The molecule has 1 aromatic heterocycles. The van der Waals surface area contributed by atoms with Crippen LogP contribution in [0.3, 0.4) is 0 Å². The van der Waals surface area contributed by atoms with E-state index in [9.17, 15) is 0 Å². The van der Waals surface area contributed by atoms with E-state index in [1.54, 1.807) is 0 Å². The van der Waals surface area contributed by atoms with Gasteiger partial charge in [0.05, 0.1) is 11.0 Å². The summed E-state index contributed by atoms with van der Waals surface area (Å²) in [7, 11) is 0. The number of aryl methyl sites for hydroxylation is 1. The number of aromatic nitrogens is 2. The molecule has 2 rings (SSSR count). The molecule has 0 radical (unpaired) electrons. The molecule has 98 valence electrons. The fourth-order valence-electron chi connectivity index (χ4n) is 2.16. The van der Waals surface area contributed by atoms with Crippen molar-refractivity contribution >= 4 is 17.0 Å². The van der Waals surface area contributed by atoms with Crippen LogP contribution in [0.4, 0.5) is 5.95 Å². The van der Waals surface area contributed by atoms with Crippen LogP contribution in [-0.2, 0) is 0 Å². The lowest BCUT2D eigenvalue weighted by Crippen LogP contribution is -2.28. The Bertz CT molecular complexity index is 559. The van der Waals surface area contributed by atoms with Gasteiger partial charge in [-0.25, -0.2) is 4.98 Å². The molecule has 2 aromatic rings. The fraction of sp³-hybridized carbons (Fsp3) is 0.533. The molecule has 3 heteroatoms. The number of rotatable bonds is 2. The first kappa shape index (κ1) is 12.9. The minimum absolute atomic E-state index is 0.0169. The summed E-state index contributed by atoms with van der Waals surface area (Å²) >= 11 is 0. The Morgan fingerprint density at radius 3 is 2.44 bits per heavy atom. The number of benzene rings is 1. The normalized spacial score (nSPS) is 12.4. The summed E-state index contributed by atoms with van der Waals surface area (Å²) in [4.78, 5) is 4.73. The van der Waals surface area contributed by atoms with Crippen molar-refractivity contribution < 1.29 is 0 Å². The Labute approximate surface area is 109 Å². The zero-order valence-corrected chi connectivity index (χ0v) is 12.2. The van der Waals surface area contributed by atoms with Crippen molar-refractivity contribution in [3.8, 4) is 0 Å². The van der Waals surface area contributed by atoms with Gasteiger partial charge in [0.25, 0.3) is 0 Å². The van der Waals surface area contributed by atoms with Gasteiger partial charge in [-0.1, -0.05) is 6.07 Å². The SMILES string of the molecule is Cc1ccc2c(c1)nc(NC(C)(C)C)n2C(C)C. The topological polar surface area (TPSA) is 29.9 Å². The number of hydrogen-bond donors (Lipinski definition) is 1. The van der Waals surface area contributed by atoms with Crippen LogP contribution < -0.4 is 5.32 Å². The standard InChI is InChI=1S/C15H23N3/c1-10(2)18-13-8-7-11(3)9-12(13)16-14(18)17-15(4,5)6/h7-10H,1-6H3,(H,16,17). The lowest BCUT2D eigenvalue weighted by molar-refractivity contribution is 0.582. The zero-order chi connectivity index (χ0) is 13.5. The van der Waals surface area contributed by atoms with Crippen LogP contribution in [0, 0.1) is 6.92 Å². The first-order valence-corrected chi connectivity index (χ1v) is 6.55. The number of nitrogens with one attached hydrogen (secondary N) is 1. The second-order valence-electron chi connectivity index (χ2n) is 6.27. The first-order valence-electron chi connectivity index (χ1n) is 6.55. The van der Waals surface area contributed by atoms with Crippen LogP contribution >= 0.6 is 0 Å². The van der Waals surface area contributed by atoms with Crippen molar-refractivity contribution in [1.82, 2.24) is 9.55 Å². The van der Waals surface area contributed by atoms with Crippen molar-refractivity contribution in [2.75, 3.05) is 5.32 Å². The van der Waals surface area contributed by atoms with E-state index in [0.717, 1.165) is 11.5 Å². The van der Waals surface area contributed by atoms with Gasteiger partial charge in [0.15, 0.2) is 0 Å². The maximum absolute atomic E-state index is 4.73. The monoisotopic (exact) mass is 245 g/mol. The average Bonchev–Trinajstić information content (AvgIpc) is 2.51. The average molecular weight is 245 g/mol. The minimum Gasteiger partial charge on any atom is -0.351 e. The van der Waals surface area contributed by atoms with Crippen molar-refractivity contribution in [2.45, 2.75) is 53.1 Å². The van der Waals surface area contributed by atoms with Gasteiger partial charge in [-0.15, -0.1) is 0 Å². The third kappa shape index (κ3) is 2.50. The van der Waals surface area contributed by atoms with Gasteiger partial charge in [-0.2, -0.15) is 0 Å². The van der Waals surface area contributed by atoms with E-state index < -0.39 is 0 Å². The molecular formula is C15H23N3. The highest BCUT2D eigenvalue weighted by molar-refractivity contribution is 5.79. The zero-order valence-electron chi connectivity index (χ0n) is 12.2. The van der Waals surface area contributed by atoms with Gasteiger partial charge in [-0.05, 0) is 59.2 Å². The predicted molar refractivity (Wildman–Crippen MR) is 78.2 cm³/mol. The van der Waals surface area contributed by atoms with Gasteiger partial charge < -0.3 is 9.88 Å². The molecule has 0 aliphatic heterocycles. The van der Waals surface area contributed by atoms with E-state index in [2.05, 4.69) is 69.6 Å². The lowest BCUT2D eigenvalue weighted by atomic mass is 10.1. The first-order chi connectivity index (χ1) is 8.28. The molecule has 0 atom stereocenters. The van der Waals surface area contributed by atoms with Gasteiger partial charge in [0, 0.05) is 11.6 Å². The second-order valence-corrected chi connectivity index (χ2v) is 6.27. The summed E-state index contributed by atoms with van der Waals surface area (Å²) in [5.41, 5.74) is 3.53. The third-order valence-corrected chi connectivity index (χ3v) is 2.85. The number of fused-ring (bicyclic) bond motifs is 1. The summed E-state index contributed by atoms with van der Waals surface area (Å²) in [6, 6.07) is 6.83. The molecule has 0 aliphatic carbocycles. The molecule has 18 heavy (non-hydrogen) atoms. The molecular weight excluding hydrogens is 222 g/mol. The highest BCUT2D eigenvalue weighted by Gasteiger charge is 2.18. The molecule has 1 heterocycles. The number of nitrogens with zero attached hydrogens (tertiary/aromatic N) is 2. The highest BCUT2D eigenvalue weighted by atomic mass is 15.2. The van der Waals surface area contributed by atoms with Gasteiger partial charge >= 0.3 is 0 Å². The molecule has 1 aromatic carbocycles. The molecule has 0 unspecified atom stereocenters. The predicted octanol–water partition coefficient (Wildman–Crippen LogP) is 4.14. The summed E-state index contributed by atoms with van der Waals surface area (Å²) in [5, 5.41) is 3.49. The van der Waals surface area contributed by atoms with E-state index in [-0.39, 0.29) is 5.54 Å². The van der Waals surface area contributed by atoms with Crippen LogP contribution in [0.25, 0.3) is 11.0 Å². The van der Waals surface area contributed by atoms with Crippen molar-refractivity contribution in [2.24, 2.45) is 0 Å². The molecule has 3 nitrogen and oxygen atoms in total. The van der Waals surface area contributed by atoms with Crippen molar-refractivity contribution in [3.05, 3.63) is 23.8 Å². The van der Waals surface area contributed by atoms with Gasteiger partial charge in [0.2, 0.25) is 5.95 Å². The molecule has 0 aliphatic rings. The molecule has 0 bridgehead atoms. The quantitative estimate of drug-likeness (QED) is 0.862. The second kappa shape index (κ2) is 4.30. The van der Waals surface area contributed by atoms with E-state index in [1.165, 1.54) is 11.1 Å². The fourth-order valence-corrected chi connectivity index (χ4v) is 2.16. The van der Waals surface area contributed by atoms with E-state index >= 15 is 0 Å². The Kier molecular flexibility index (Phi) is 3.09. The van der Waals surface area contributed by atoms with Crippen LogP contribution in [0.1, 0.15) is 46.2 Å².